The second-order valence-electron chi connectivity index (χ2n) is 3.89. The third kappa shape index (κ3) is 6.86. The molecule has 0 aliphatic heterocycles. The molecule has 1 atom stereocenters. The van der Waals surface area contributed by atoms with Crippen LogP contribution in [0.15, 0.2) is 0 Å². The number of carbonyl (C=O) groups is 1. The number of nitrogens with zero attached hydrogens (tertiary/aromatic N) is 1. The minimum atomic E-state index is 0.0959. The molecule has 0 saturated carbocycles. The van der Waals surface area contributed by atoms with E-state index in [-0.39, 0.29) is 5.91 Å². The first-order valence-electron chi connectivity index (χ1n) is 5.25. The minimum absolute atomic E-state index is 0.0959. The highest BCUT2D eigenvalue weighted by Gasteiger charge is 2.08. The molecule has 1 amide bonds. The molecular formula is C10H23N3O. The van der Waals surface area contributed by atoms with E-state index in [9.17, 15) is 4.79 Å². The Morgan fingerprint density at radius 2 is 2.21 bits per heavy atom. The number of carbonyl (C=O) groups excluding carboxylic acids is 1. The molecule has 1 unspecified atom stereocenters. The summed E-state index contributed by atoms with van der Waals surface area (Å²) in [6.45, 7) is 6.89. The average molecular weight is 201 g/mol. The lowest BCUT2D eigenvalue weighted by Gasteiger charge is -2.19. The van der Waals surface area contributed by atoms with Gasteiger partial charge in [-0.1, -0.05) is 13.8 Å². The molecule has 4 heteroatoms. The maximum absolute atomic E-state index is 11.3. The van der Waals surface area contributed by atoms with Crippen LogP contribution in [0.4, 0.5) is 0 Å². The van der Waals surface area contributed by atoms with E-state index in [4.69, 9.17) is 5.73 Å². The van der Waals surface area contributed by atoms with Gasteiger partial charge in [0.15, 0.2) is 0 Å². The van der Waals surface area contributed by atoms with Crippen LogP contribution in [0.1, 0.15) is 20.3 Å². The van der Waals surface area contributed by atoms with Gasteiger partial charge in [0.25, 0.3) is 0 Å². The molecule has 14 heavy (non-hydrogen) atoms. The Kier molecular flexibility index (Phi) is 7.42. The van der Waals surface area contributed by atoms with E-state index in [0.717, 1.165) is 19.5 Å². The van der Waals surface area contributed by atoms with Crippen LogP contribution in [-0.2, 0) is 4.79 Å². The first kappa shape index (κ1) is 13.4. The molecule has 0 saturated heterocycles. The first-order valence-corrected chi connectivity index (χ1v) is 5.25. The number of hydrogen-bond acceptors (Lipinski definition) is 3. The van der Waals surface area contributed by atoms with Crippen LogP contribution in [0.25, 0.3) is 0 Å². The smallest absolute Gasteiger partial charge is 0.234 e. The normalized spacial score (nSPS) is 12.9. The van der Waals surface area contributed by atoms with Gasteiger partial charge in [0.1, 0.15) is 0 Å². The van der Waals surface area contributed by atoms with E-state index in [0.29, 0.717) is 19.0 Å². The molecule has 0 bridgehead atoms. The molecule has 0 radical (unpaired) electrons. The highest BCUT2D eigenvalue weighted by atomic mass is 16.2. The SMILES string of the molecule is CCCNC(=O)CN(C)CC(C)CN. The van der Waals surface area contributed by atoms with Gasteiger partial charge in [-0.05, 0) is 25.9 Å². The Hall–Kier alpha value is -0.610. The van der Waals surface area contributed by atoms with Gasteiger partial charge in [-0.2, -0.15) is 0 Å². The highest BCUT2D eigenvalue weighted by Crippen LogP contribution is 1.94. The molecule has 0 rings (SSSR count). The van der Waals surface area contributed by atoms with Gasteiger partial charge in [0.05, 0.1) is 6.54 Å². The van der Waals surface area contributed by atoms with Crippen LogP contribution in [0, 0.1) is 5.92 Å². The molecule has 0 aromatic rings. The van der Waals surface area contributed by atoms with Gasteiger partial charge in [-0.15, -0.1) is 0 Å². The van der Waals surface area contributed by atoms with Crippen molar-refractivity contribution in [3.8, 4) is 0 Å². The van der Waals surface area contributed by atoms with E-state index in [1.54, 1.807) is 0 Å². The number of rotatable bonds is 7. The Labute approximate surface area is 86.8 Å². The van der Waals surface area contributed by atoms with Gasteiger partial charge in [-0.25, -0.2) is 0 Å². The second-order valence-corrected chi connectivity index (χ2v) is 3.89. The summed E-state index contributed by atoms with van der Waals surface area (Å²) in [5, 5.41) is 2.84. The van der Waals surface area contributed by atoms with Crippen molar-refractivity contribution in [3.63, 3.8) is 0 Å². The maximum Gasteiger partial charge on any atom is 0.234 e. The fraction of sp³-hybridized carbons (Fsp3) is 0.900. The van der Waals surface area contributed by atoms with Crippen molar-refractivity contribution in [2.75, 3.05) is 33.2 Å². The average Bonchev–Trinajstić information content (AvgIpc) is 2.14. The van der Waals surface area contributed by atoms with Crippen LogP contribution < -0.4 is 11.1 Å². The number of amides is 1. The summed E-state index contributed by atoms with van der Waals surface area (Å²) < 4.78 is 0. The zero-order chi connectivity index (χ0) is 11.0. The van der Waals surface area contributed by atoms with Gasteiger partial charge in [-0.3, -0.25) is 9.69 Å². The quantitative estimate of drug-likeness (QED) is 0.611. The summed E-state index contributed by atoms with van der Waals surface area (Å²) >= 11 is 0. The monoisotopic (exact) mass is 201 g/mol. The van der Waals surface area contributed by atoms with Crippen molar-refractivity contribution in [3.05, 3.63) is 0 Å². The van der Waals surface area contributed by atoms with E-state index < -0.39 is 0 Å². The molecule has 4 nitrogen and oxygen atoms in total. The molecule has 0 aliphatic rings. The summed E-state index contributed by atoms with van der Waals surface area (Å²) in [4.78, 5) is 13.3. The summed E-state index contributed by atoms with van der Waals surface area (Å²) in [7, 11) is 1.94. The van der Waals surface area contributed by atoms with Crippen molar-refractivity contribution >= 4 is 5.91 Å². The topological polar surface area (TPSA) is 58.4 Å². The Bertz CT molecular complexity index is 161. The van der Waals surface area contributed by atoms with E-state index in [1.165, 1.54) is 0 Å². The van der Waals surface area contributed by atoms with Crippen LogP contribution >= 0.6 is 0 Å². The van der Waals surface area contributed by atoms with Crippen LogP contribution in [0.2, 0.25) is 0 Å². The van der Waals surface area contributed by atoms with Gasteiger partial charge < -0.3 is 11.1 Å². The standard InChI is InChI=1S/C10H23N3O/c1-4-5-12-10(14)8-13(3)7-9(2)6-11/h9H,4-8,11H2,1-3H3,(H,12,14). The predicted molar refractivity (Wildman–Crippen MR) is 59.0 cm³/mol. The number of nitrogens with one attached hydrogen (secondary N) is 1. The van der Waals surface area contributed by atoms with E-state index >= 15 is 0 Å². The lowest BCUT2D eigenvalue weighted by molar-refractivity contribution is -0.122. The molecule has 0 aromatic heterocycles. The van der Waals surface area contributed by atoms with E-state index in [2.05, 4.69) is 12.2 Å². The van der Waals surface area contributed by atoms with Gasteiger partial charge in [0, 0.05) is 13.1 Å². The van der Waals surface area contributed by atoms with Crippen molar-refractivity contribution in [2.24, 2.45) is 11.7 Å². The van der Waals surface area contributed by atoms with Crippen LogP contribution in [0.3, 0.4) is 0 Å². The largest absolute Gasteiger partial charge is 0.355 e. The van der Waals surface area contributed by atoms with Gasteiger partial charge >= 0.3 is 0 Å². The molecule has 84 valence electrons. The third-order valence-electron chi connectivity index (χ3n) is 2.01. The van der Waals surface area contributed by atoms with Crippen molar-refractivity contribution < 1.29 is 4.79 Å². The summed E-state index contributed by atoms with van der Waals surface area (Å²) in [5.74, 6) is 0.539. The van der Waals surface area contributed by atoms with Crippen molar-refractivity contribution in [1.82, 2.24) is 10.2 Å². The van der Waals surface area contributed by atoms with Crippen molar-refractivity contribution in [2.45, 2.75) is 20.3 Å². The molecule has 0 spiro atoms. The highest BCUT2D eigenvalue weighted by molar-refractivity contribution is 5.77. The zero-order valence-electron chi connectivity index (χ0n) is 9.55. The molecule has 3 N–H and O–H groups in total. The number of nitrogens with two attached hydrogens (primary N) is 1. The summed E-state index contributed by atoms with van der Waals surface area (Å²) in [5.41, 5.74) is 5.50. The molecule has 0 aromatic carbocycles. The van der Waals surface area contributed by atoms with Crippen LogP contribution in [0.5, 0.6) is 0 Å². The number of hydrogen-bond donors (Lipinski definition) is 2. The summed E-state index contributed by atoms with van der Waals surface area (Å²) in [6.07, 6.45) is 0.981. The molecule has 0 heterocycles. The fourth-order valence-electron chi connectivity index (χ4n) is 1.24. The first-order chi connectivity index (χ1) is 6.60. The Morgan fingerprint density at radius 3 is 2.71 bits per heavy atom. The minimum Gasteiger partial charge on any atom is -0.355 e. The summed E-state index contributed by atoms with van der Waals surface area (Å²) in [6, 6.07) is 0. The lowest BCUT2D eigenvalue weighted by Crippen LogP contribution is -2.38. The molecule has 0 aliphatic carbocycles. The lowest BCUT2D eigenvalue weighted by atomic mass is 10.2. The maximum atomic E-state index is 11.3. The Morgan fingerprint density at radius 1 is 1.57 bits per heavy atom. The van der Waals surface area contributed by atoms with E-state index in [1.807, 2.05) is 18.9 Å². The fourth-order valence-corrected chi connectivity index (χ4v) is 1.24. The molecular weight excluding hydrogens is 178 g/mol. The number of likely N-dealkylation sites (N-methyl/N-ethyl adjacent to an activating group) is 1. The second kappa shape index (κ2) is 7.76. The van der Waals surface area contributed by atoms with Gasteiger partial charge in [0.2, 0.25) is 5.91 Å². The Balaban J connectivity index is 3.60. The predicted octanol–water partition coefficient (Wildman–Crippen LogP) is 0.0392. The van der Waals surface area contributed by atoms with Crippen LogP contribution in [-0.4, -0.2) is 44.0 Å². The molecule has 0 fully saturated rings. The van der Waals surface area contributed by atoms with Crippen molar-refractivity contribution in [1.29, 1.82) is 0 Å². The third-order valence-corrected chi connectivity index (χ3v) is 2.01. The zero-order valence-corrected chi connectivity index (χ0v) is 9.55.